The normalized spacial score (nSPS) is 16.8. The van der Waals surface area contributed by atoms with Gasteiger partial charge in [-0.1, -0.05) is 26.8 Å². The SMILES string of the molecule is COC(=O)c1ccc2nc(C3=CCC4=NN=C(C)C4=C3)c(C(C)C(C)C)nc2c1. The molecule has 1 atom stereocenters. The summed E-state index contributed by atoms with van der Waals surface area (Å²) in [5.41, 5.74) is 7.80. The van der Waals surface area contributed by atoms with Crippen LogP contribution in [0.3, 0.4) is 0 Å². The summed E-state index contributed by atoms with van der Waals surface area (Å²) in [6, 6.07) is 5.30. The first kappa shape index (κ1) is 19.2. The minimum absolute atomic E-state index is 0.205. The fourth-order valence-corrected chi connectivity index (χ4v) is 3.53. The largest absolute Gasteiger partial charge is 0.465 e. The second-order valence-electron chi connectivity index (χ2n) is 7.84. The molecule has 6 heteroatoms. The van der Waals surface area contributed by atoms with Crippen LogP contribution in [-0.2, 0) is 4.74 Å². The molecular formula is C23H24N4O2. The molecule has 1 aliphatic carbocycles. The van der Waals surface area contributed by atoms with Crippen molar-refractivity contribution >= 4 is 34.0 Å². The van der Waals surface area contributed by atoms with E-state index >= 15 is 0 Å². The quantitative estimate of drug-likeness (QED) is 0.710. The first-order valence-corrected chi connectivity index (χ1v) is 9.83. The molecule has 0 N–H and O–H groups in total. The van der Waals surface area contributed by atoms with E-state index in [1.807, 2.05) is 13.0 Å². The van der Waals surface area contributed by atoms with Gasteiger partial charge in [0.2, 0.25) is 0 Å². The fourth-order valence-electron chi connectivity index (χ4n) is 3.53. The molecule has 0 saturated heterocycles. The number of methoxy groups -OCH3 is 1. The number of fused-ring (bicyclic) bond motifs is 2. The van der Waals surface area contributed by atoms with E-state index in [4.69, 9.17) is 14.7 Å². The number of allylic oxidation sites excluding steroid dienone is 4. The number of rotatable bonds is 4. The molecule has 0 amide bonds. The highest BCUT2D eigenvalue weighted by Crippen LogP contribution is 2.34. The molecule has 29 heavy (non-hydrogen) atoms. The lowest BCUT2D eigenvalue weighted by molar-refractivity contribution is 0.0601. The van der Waals surface area contributed by atoms with Crippen molar-refractivity contribution in [2.45, 2.75) is 40.0 Å². The summed E-state index contributed by atoms with van der Waals surface area (Å²) in [4.78, 5) is 21.8. The predicted octanol–water partition coefficient (Wildman–Crippen LogP) is 4.72. The highest BCUT2D eigenvalue weighted by atomic mass is 16.5. The highest BCUT2D eigenvalue weighted by Gasteiger charge is 2.25. The number of nitrogens with zero attached hydrogens (tertiary/aromatic N) is 4. The first-order chi connectivity index (χ1) is 13.9. The summed E-state index contributed by atoms with van der Waals surface area (Å²) >= 11 is 0. The second-order valence-corrected chi connectivity index (χ2v) is 7.84. The number of hydrogen-bond donors (Lipinski definition) is 0. The molecule has 148 valence electrons. The maximum absolute atomic E-state index is 11.9. The van der Waals surface area contributed by atoms with Crippen LogP contribution in [0.25, 0.3) is 16.6 Å². The van der Waals surface area contributed by atoms with Gasteiger partial charge in [0.1, 0.15) is 0 Å². The molecule has 1 aromatic heterocycles. The van der Waals surface area contributed by atoms with E-state index in [0.29, 0.717) is 17.0 Å². The Hall–Kier alpha value is -3.15. The van der Waals surface area contributed by atoms with E-state index in [0.717, 1.165) is 45.9 Å². The Balaban J connectivity index is 1.88. The van der Waals surface area contributed by atoms with Crippen LogP contribution in [-0.4, -0.2) is 34.5 Å². The van der Waals surface area contributed by atoms with E-state index in [9.17, 15) is 4.79 Å². The van der Waals surface area contributed by atoms with Gasteiger partial charge >= 0.3 is 5.97 Å². The molecule has 0 spiro atoms. The number of carbonyl (C=O) groups excluding carboxylic acids is 1. The Bertz CT molecular complexity index is 1140. The lowest BCUT2D eigenvalue weighted by Gasteiger charge is -2.21. The maximum atomic E-state index is 11.9. The standard InChI is InChI=1S/C23H24N4O2/c1-12(2)13(3)21-22(15-6-8-18-17(10-15)14(4)26-27-18)24-19-9-7-16(23(28)29-5)11-20(19)25-21/h6-7,9-13H,8H2,1-5H3. The summed E-state index contributed by atoms with van der Waals surface area (Å²) < 4.78 is 4.84. The molecular weight excluding hydrogens is 364 g/mol. The first-order valence-electron chi connectivity index (χ1n) is 9.83. The summed E-state index contributed by atoms with van der Waals surface area (Å²) in [5.74, 6) is 0.225. The Kier molecular flexibility index (Phi) is 4.86. The Morgan fingerprint density at radius 3 is 2.62 bits per heavy atom. The molecule has 2 heterocycles. The highest BCUT2D eigenvalue weighted by molar-refractivity contribution is 6.28. The van der Waals surface area contributed by atoms with Crippen molar-refractivity contribution in [3.05, 3.63) is 52.9 Å². The third-order valence-corrected chi connectivity index (χ3v) is 5.65. The van der Waals surface area contributed by atoms with Crippen molar-refractivity contribution in [3.63, 3.8) is 0 Å². The van der Waals surface area contributed by atoms with Crippen LogP contribution in [0.15, 0.2) is 46.1 Å². The van der Waals surface area contributed by atoms with Gasteiger partial charge < -0.3 is 4.74 Å². The summed E-state index contributed by atoms with van der Waals surface area (Å²) in [6.45, 7) is 8.50. The van der Waals surface area contributed by atoms with Gasteiger partial charge in [-0.25, -0.2) is 14.8 Å². The van der Waals surface area contributed by atoms with Gasteiger partial charge in [0.15, 0.2) is 0 Å². The molecule has 0 radical (unpaired) electrons. The minimum atomic E-state index is -0.376. The topological polar surface area (TPSA) is 76.8 Å². The van der Waals surface area contributed by atoms with E-state index < -0.39 is 0 Å². The molecule has 2 aliphatic rings. The number of carbonyl (C=O) groups is 1. The fraction of sp³-hybridized carbons (Fsp3) is 0.348. The van der Waals surface area contributed by atoms with Crippen LogP contribution < -0.4 is 0 Å². The molecule has 0 bridgehead atoms. The number of ether oxygens (including phenoxy) is 1. The predicted molar refractivity (Wildman–Crippen MR) is 115 cm³/mol. The molecule has 6 nitrogen and oxygen atoms in total. The number of esters is 1. The van der Waals surface area contributed by atoms with Crippen molar-refractivity contribution in [1.82, 2.24) is 9.97 Å². The Morgan fingerprint density at radius 2 is 1.90 bits per heavy atom. The molecule has 4 rings (SSSR count). The van der Waals surface area contributed by atoms with Crippen LogP contribution in [0.2, 0.25) is 0 Å². The monoisotopic (exact) mass is 388 g/mol. The van der Waals surface area contributed by atoms with Crippen molar-refractivity contribution in [2.24, 2.45) is 16.1 Å². The van der Waals surface area contributed by atoms with Gasteiger partial charge in [-0.05, 0) is 42.7 Å². The lowest BCUT2D eigenvalue weighted by Crippen LogP contribution is -2.13. The summed E-state index contributed by atoms with van der Waals surface area (Å²) in [5, 5.41) is 8.45. The smallest absolute Gasteiger partial charge is 0.337 e. The van der Waals surface area contributed by atoms with Gasteiger partial charge in [0.25, 0.3) is 0 Å². The Labute approximate surface area is 170 Å². The third-order valence-electron chi connectivity index (χ3n) is 5.65. The molecule has 1 aliphatic heterocycles. The lowest BCUT2D eigenvalue weighted by atomic mass is 9.88. The van der Waals surface area contributed by atoms with E-state index in [1.54, 1.807) is 12.1 Å². The van der Waals surface area contributed by atoms with Gasteiger partial charge in [0.05, 0.1) is 46.5 Å². The number of benzene rings is 1. The molecule has 2 aromatic rings. The van der Waals surface area contributed by atoms with E-state index in [-0.39, 0.29) is 11.9 Å². The van der Waals surface area contributed by atoms with E-state index in [2.05, 4.69) is 43.1 Å². The van der Waals surface area contributed by atoms with Crippen molar-refractivity contribution in [3.8, 4) is 0 Å². The Morgan fingerprint density at radius 1 is 1.10 bits per heavy atom. The average molecular weight is 388 g/mol. The second kappa shape index (κ2) is 7.35. The average Bonchev–Trinajstić information content (AvgIpc) is 3.11. The summed E-state index contributed by atoms with van der Waals surface area (Å²) in [7, 11) is 1.38. The van der Waals surface area contributed by atoms with Crippen molar-refractivity contribution in [1.29, 1.82) is 0 Å². The van der Waals surface area contributed by atoms with Gasteiger partial charge in [-0.3, -0.25) is 0 Å². The maximum Gasteiger partial charge on any atom is 0.337 e. The number of hydrogen-bond acceptors (Lipinski definition) is 6. The third kappa shape index (κ3) is 3.39. The zero-order valence-corrected chi connectivity index (χ0v) is 17.4. The van der Waals surface area contributed by atoms with Gasteiger partial charge in [-0.2, -0.15) is 10.2 Å². The number of aromatic nitrogens is 2. The van der Waals surface area contributed by atoms with Crippen LogP contribution >= 0.6 is 0 Å². The van der Waals surface area contributed by atoms with Crippen LogP contribution in [0, 0.1) is 5.92 Å². The van der Waals surface area contributed by atoms with Crippen LogP contribution in [0.5, 0.6) is 0 Å². The molecule has 0 saturated carbocycles. The van der Waals surface area contributed by atoms with Crippen LogP contribution in [0.4, 0.5) is 0 Å². The summed E-state index contributed by atoms with van der Waals surface area (Å²) in [6.07, 6.45) is 4.99. The zero-order valence-electron chi connectivity index (χ0n) is 17.4. The van der Waals surface area contributed by atoms with Gasteiger partial charge in [-0.15, -0.1) is 0 Å². The minimum Gasteiger partial charge on any atom is -0.465 e. The van der Waals surface area contributed by atoms with E-state index in [1.165, 1.54) is 7.11 Å². The molecule has 1 aromatic carbocycles. The molecule has 0 fully saturated rings. The van der Waals surface area contributed by atoms with Crippen molar-refractivity contribution < 1.29 is 9.53 Å². The molecule has 1 unspecified atom stereocenters. The zero-order chi connectivity index (χ0) is 20.7. The van der Waals surface area contributed by atoms with Crippen LogP contribution in [0.1, 0.15) is 61.8 Å². The van der Waals surface area contributed by atoms with Gasteiger partial charge in [0, 0.05) is 17.9 Å². The van der Waals surface area contributed by atoms with Crippen molar-refractivity contribution in [2.75, 3.05) is 7.11 Å².